The van der Waals surface area contributed by atoms with Crippen LogP contribution in [0.4, 0.5) is 11.4 Å². The molecular weight excluding hydrogens is 1160 g/mol. The van der Waals surface area contributed by atoms with Crippen LogP contribution in [0.25, 0.3) is 0 Å². The predicted molar refractivity (Wildman–Crippen MR) is 318 cm³/mol. The van der Waals surface area contributed by atoms with Crippen LogP contribution in [0, 0.1) is 20.2 Å². The molecule has 1 aliphatic rings. The van der Waals surface area contributed by atoms with Crippen LogP contribution in [0.15, 0.2) is 125 Å². The zero-order valence-corrected chi connectivity index (χ0v) is 50.5. The number of unbranched alkanes of at least 4 members (excludes halogenated alkanes) is 3. The lowest BCUT2D eigenvalue weighted by Gasteiger charge is -2.22. The van der Waals surface area contributed by atoms with Gasteiger partial charge in [-0.3, -0.25) is 29.8 Å². The molecule has 1 aliphatic carbocycles. The minimum atomic E-state index is -4.47. The van der Waals surface area contributed by atoms with E-state index in [4.69, 9.17) is 27.8 Å². The van der Waals surface area contributed by atoms with Gasteiger partial charge in [-0.15, -0.1) is 0 Å². The number of fused-ring (bicyclic) bond motifs is 8. The van der Waals surface area contributed by atoms with Crippen molar-refractivity contribution in [2.24, 2.45) is 0 Å². The summed E-state index contributed by atoms with van der Waals surface area (Å²) in [6.45, 7) is 3.08. The van der Waals surface area contributed by atoms with Crippen molar-refractivity contribution in [1.29, 1.82) is 0 Å². The van der Waals surface area contributed by atoms with Crippen LogP contribution in [-0.4, -0.2) is 104 Å². The summed E-state index contributed by atoms with van der Waals surface area (Å²) < 4.78 is 93.6. The molecule has 8 bridgehead atoms. The maximum atomic E-state index is 13.7. The second kappa shape index (κ2) is 29.9. The van der Waals surface area contributed by atoms with Crippen molar-refractivity contribution in [1.82, 2.24) is 9.44 Å². The van der Waals surface area contributed by atoms with E-state index in [9.17, 15) is 51.4 Å². The zero-order chi connectivity index (χ0) is 60.4. The molecule has 2 amide bonds. The number of methoxy groups -OCH3 is 2. The molecule has 0 radical (unpaired) electrons. The van der Waals surface area contributed by atoms with Gasteiger partial charge in [-0.2, -0.15) is 11.8 Å². The van der Waals surface area contributed by atoms with Crippen molar-refractivity contribution in [3.05, 3.63) is 186 Å². The summed E-state index contributed by atoms with van der Waals surface area (Å²) in [7, 11) is -8.96. The molecule has 6 aromatic carbocycles. The first kappa shape index (κ1) is 64.2. The Balaban J connectivity index is 1.20. The molecule has 0 saturated heterocycles. The highest BCUT2D eigenvalue weighted by Gasteiger charge is 2.35. The van der Waals surface area contributed by atoms with Crippen LogP contribution >= 0.6 is 11.8 Å². The third-order valence-electron chi connectivity index (χ3n) is 13.7. The summed E-state index contributed by atoms with van der Waals surface area (Å²) in [5.74, 6) is 1.56. The molecular formula is C59H68N4O17S3Si. The number of hydrogen-bond acceptors (Lipinski definition) is 18. The molecule has 0 aliphatic heterocycles. The Kier molecular flexibility index (Phi) is 22.9. The van der Waals surface area contributed by atoms with Crippen molar-refractivity contribution in [2.45, 2.75) is 93.9 Å². The Hall–Kier alpha value is -7.39. The fourth-order valence-electron chi connectivity index (χ4n) is 9.97. The fourth-order valence-corrected chi connectivity index (χ4v) is 14.8. The number of ether oxygens (including phenoxy) is 4. The van der Waals surface area contributed by atoms with E-state index < -0.39 is 63.7 Å². The summed E-state index contributed by atoms with van der Waals surface area (Å²) in [5.41, 5.74) is 5.85. The van der Waals surface area contributed by atoms with Crippen molar-refractivity contribution < 1.29 is 68.9 Å². The van der Waals surface area contributed by atoms with Gasteiger partial charge in [-0.05, 0) is 125 Å². The van der Waals surface area contributed by atoms with Crippen LogP contribution in [0.2, 0.25) is 6.04 Å². The fraction of sp³-hybridized carbons (Fsp3) is 0.356. The quantitative estimate of drug-likeness (QED) is 0.0170. The number of rotatable bonds is 29. The molecule has 0 spiro atoms. The van der Waals surface area contributed by atoms with Crippen LogP contribution < -0.4 is 28.4 Å². The Labute approximate surface area is 494 Å². The van der Waals surface area contributed by atoms with Gasteiger partial charge < -0.3 is 32.6 Å². The molecule has 0 saturated carbocycles. The Bertz CT molecular complexity index is 3430. The smallest absolute Gasteiger partial charge is 0.496 e. The lowest BCUT2D eigenvalue weighted by Crippen LogP contribution is -2.42. The van der Waals surface area contributed by atoms with E-state index in [1.54, 1.807) is 14.2 Å². The van der Waals surface area contributed by atoms with Crippen LogP contribution in [-0.2, 0) is 70.6 Å². The second-order valence-corrected chi connectivity index (χ2v) is 26.8. The first-order valence-corrected chi connectivity index (χ1v) is 33.3. The number of hydrogen-bond donors (Lipinski definition) is 3. The average molecular weight is 1230 g/mol. The van der Waals surface area contributed by atoms with Gasteiger partial charge in [0, 0.05) is 69.2 Å². The lowest BCUT2D eigenvalue weighted by molar-refractivity contribution is -0.385. The number of thioether (sulfide) groups is 1. The Morgan fingerprint density at radius 3 is 1.31 bits per heavy atom. The number of carbonyl (C=O) groups is 2. The number of nitro groups is 2. The normalized spacial score (nSPS) is 12.4. The number of nitro benzene ring substituents is 2. The number of non-ortho nitro benzene ring substituents is 2. The SMILES string of the molecule is CCO[Si](O)(CCCCCCSCCCc1cc2c(OCC(=O)NS(=O)(=O)c3ccc([N+](=O)[O-])cc3)c(c1)Cc1cccc(c1OC)Cc1cccc(c1OCC(=O)NS(=O)(=O)c1ccc([N+](=O)[O-])cc1)Cc1cccc(c1OC)C2)OCC. The van der Waals surface area contributed by atoms with Crippen molar-refractivity contribution in [2.75, 3.05) is 52.2 Å². The minimum Gasteiger partial charge on any atom is -0.496 e. The molecule has 0 fully saturated rings. The zero-order valence-electron chi connectivity index (χ0n) is 47.1. The van der Waals surface area contributed by atoms with Crippen LogP contribution in [0.1, 0.15) is 96.0 Å². The van der Waals surface area contributed by atoms with Crippen molar-refractivity contribution >= 4 is 63.8 Å². The highest BCUT2D eigenvalue weighted by Crippen LogP contribution is 2.40. The first-order valence-electron chi connectivity index (χ1n) is 27.3. The van der Waals surface area contributed by atoms with Crippen molar-refractivity contribution in [3.63, 3.8) is 0 Å². The van der Waals surface area contributed by atoms with Crippen LogP contribution in [0.3, 0.4) is 0 Å². The van der Waals surface area contributed by atoms with Gasteiger partial charge in [0.15, 0.2) is 13.2 Å². The molecule has 0 unspecified atom stereocenters. The van der Waals surface area contributed by atoms with Gasteiger partial charge in [-0.25, -0.2) is 26.3 Å². The third kappa shape index (κ3) is 17.4. The summed E-state index contributed by atoms with van der Waals surface area (Å²) in [6.07, 6.45) is 6.20. The predicted octanol–water partition coefficient (Wildman–Crippen LogP) is 9.20. The molecule has 448 valence electrons. The van der Waals surface area contributed by atoms with Gasteiger partial charge in [-0.1, -0.05) is 79.6 Å². The minimum absolute atomic E-state index is 0.211. The van der Waals surface area contributed by atoms with E-state index in [0.717, 1.165) is 120 Å². The summed E-state index contributed by atoms with van der Waals surface area (Å²) in [4.78, 5) is 58.3. The van der Waals surface area contributed by atoms with Crippen LogP contribution in [0.5, 0.6) is 23.0 Å². The number of benzene rings is 6. The molecule has 0 aromatic heterocycles. The molecule has 3 N–H and O–H groups in total. The van der Waals surface area contributed by atoms with Gasteiger partial charge >= 0.3 is 8.80 Å². The molecule has 0 heterocycles. The second-order valence-electron chi connectivity index (χ2n) is 19.7. The maximum Gasteiger partial charge on any atom is 0.498 e. The number of nitrogens with one attached hydrogen (secondary N) is 2. The van der Waals surface area contributed by atoms with E-state index >= 15 is 0 Å². The number of nitrogens with zero attached hydrogens (tertiary/aromatic N) is 2. The number of sulfonamides is 2. The molecule has 0 atom stereocenters. The number of amides is 2. The Morgan fingerprint density at radius 2 is 0.917 bits per heavy atom. The lowest BCUT2D eigenvalue weighted by atomic mass is 9.90. The van der Waals surface area contributed by atoms with Gasteiger partial charge in [0.25, 0.3) is 43.2 Å². The molecule has 84 heavy (non-hydrogen) atoms. The molecule has 21 nitrogen and oxygen atoms in total. The van der Waals surface area contributed by atoms with E-state index in [2.05, 4.69) is 0 Å². The number of carbonyl (C=O) groups excluding carboxylic acids is 2. The number of aryl methyl sites for hydroxylation is 1. The average Bonchev–Trinajstić information content (AvgIpc) is 3.46. The van der Waals surface area contributed by atoms with Gasteiger partial charge in [0.05, 0.1) is 33.9 Å². The standard InChI is InChI=1S/C59H68N4O17S3Si/c1-5-79-84(74,80-6-2)32-10-8-7-9-30-81-31-14-15-41-33-48-37-44-18-11-16-42(56(44)75-3)35-46-20-13-21-47(58(46)77-39-54(64)60-82(70,71)52-26-22-50(23-27-52)62(66)67)36-43-17-12-19-45(57(43)76-4)38-49(34-41)59(48)78-40-55(65)61-83(72,73)53-28-24-51(25-29-53)63(68)69/h11-13,16-29,33-34,74H,5-10,14-15,30-32,35-40H2,1-4H3,(H,60,64)(H,61,65). The highest BCUT2D eigenvalue weighted by atomic mass is 32.2. The van der Waals surface area contributed by atoms with Gasteiger partial charge in [0.2, 0.25) is 0 Å². The van der Waals surface area contributed by atoms with E-state index in [-0.39, 0.29) is 46.8 Å². The van der Waals surface area contributed by atoms with Gasteiger partial charge in [0.1, 0.15) is 23.0 Å². The van der Waals surface area contributed by atoms with E-state index in [1.807, 2.05) is 102 Å². The molecule has 6 aromatic rings. The van der Waals surface area contributed by atoms with E-state index in [0.29, 0.717) is 70.9 Å². The maximum absolute atomic E-state index is 13.7. The highest BCUT2D eigenvalue weighted by molar-refractivity contribution is 7.99. The monoisotopic (exact) mass is 1230 g/mol. The summed E-state index contributed by atoms with van der Waals surface area (Å²) in [6, 6.07) is 29.6. The first-order chi connectivity index (χ1) is 40.3. The Morgan fingerprint density at radius 1 is 0.548 bits per heavy atom. The third-order valence-corrected chi connectivity index (χ3v) is 20.1. The largest absolute Gasteiger partial charge is 0.498 e. The number of para-hydroxylation sites is 3. The summed E-state index contributed by atoms with van der Waals surface area (Å²) in [5, 5.41) is 22.5. The topological polar surface area (TPSA) is 288 Å². The molecule has 7 rings (SSSR count). The summed E-state index contributed by atoms with van der Waals surface area (Å²) >= 11 is 1.87. The molecule has 25 heteroatoms. The van der Waals surface area contributed by atoms with E-state index in [1.165, 1.54) is 0 Å². The van der Waals surface area contributed by atoms with Crippen molar-refractivity contribution in [3.8, 4) is 23.0 Å².